The third kappa shape index (κ3) is 6.63. The number of aromatic nitrogens is 4. The largest absolute Gasteiger partial charge is 0.493 e. The van der Waals surface area contributed by atoms with Gasteiger partial charge >= 0.3 is 0 Å². The first-order valence-corrected chi connectivity index (χ1v) is 13.5. The zero-order valence-electron chi connectivity index (χ0n) is 22.5. The molecule has 0 saturated carbocycles. The summed E-state index contributed by atoms with van der Waals surface area (Å²) in [5.41, 5.74) is 0.805. The molecule has 11 heteroatoms. The molecular formula is C26H35ClN6O3S. The number of hydrogen-bond acceptors (Lipinski definition) is 9. The van der Waals surface area contributed by atoms with Gasteiger partial charge in [0.15, 0.2) is 11.5 Å². The third-order valence-corrected chi connectivity index (χ3v) is 6.74. The second kappa shape index (κ2) is 13.5. The van der Waals surface area contributed by atoms with Gasteiger partial charge in [-0.15, -0.1) is 11.3 Å². The first-order valence-electron chi connectivity index (χ1n) is 12.3. The quantitative estimate of drug-likeness (QED) is 0.212. The lowest BCUT2D eigenvalue weighted by Gasteiger charge is -2.17. The number of fused-ring (bicyclic) bond motifs is 1. The van der Waals surface area contributed by atoms with E-state index in [0.717, 1.165) is 42.0 Å². The summed E-state index contributed by atoms with van der Waals surface area (Å²) >= 11 is 7.88. The molecule has 9 nitrogen and oxygen atoms in total. The van der Waals surface area contributed by atoms with E-state index in [0.29, 0.717) is 28.9 Å². The fourth-order valence-corrected chi connectivity index (χ4v) is 5.16. The highest BCUT2D eigenvalue weighted by Gasteiger charge is 2.16. The van der Waals surface area contributed by atoms with E-state index < -0.39 is 0 Å². The molecule has 0 aliphatic rings. The molecule has 0 aliphatic heterocycles. The summed E-state index contributed by atoms with van der Waals surface area (Å²) in [5, 5.41) is 4.42. The highest BCUT2D eigenvalue weighted by molar-refractivity contribution is 7.18. The molecule has 0 fully saturated rings. The molecule has 37 heavy (non-hydrogen) atoms. The topological polar surface area (TPSA) is 86.6 Å². The Labute approximate surface area is 227 Å². The number of nitrogens with one attached hydrogen (secondary N) is 1. The van der Waals surface area contributed by atoms with Crippen LogP contribution in [0.25, 0.3) is 15.9 Å². The van der Waals surface area contributed by atoms with E-state index in [1.807, 2.05) is 36.7 Å². The summed E-state index contributed by atoms with van der Waals surface area (Å²) in [4.78, 5) is 17.8. The van der Waals surface area contributed by atoms with Crippen molar-refractivity contribution in [3.63, 3.8) is 0 Å². The first-order chi connectivity index (χ1) is 18.0. The zero-order valence-corrected chi connectivity index (χ0v) is 24.0. The van der Waals surface area contributed by atoms with Crippen molar-refractivity contribution in [1.82, 2.24) is 24.4 Å². The van der Waals surface area contributed by atoms with Gasteiger partial charge in [-0.3, -0.25) is 4.90 Å². The molecule has 0 atom stereocenters. The number of methoxy groups -OCH3 is 3. The summed E-state index contributed by atoms with van der Waals surface area (Å²) in [6.45, 7) is 11.3. The molecular weight excluding hydrogens is 512 g/mol. The van der Waals surface area contributed by atoms with Crippen LogP contribution in [0.4, 0.5) is 11.6 Å². The Bertz CT molecular complexity index is 1280. The number of benzene rings is 1. The molecule has 0 bridgehead atoms. The van der Waals surface area contributed by atoms with Crippen LogP contribution < -0.4 is 19.5 Å². The fourth-order valence-electron chi connectivity index (χ4n) is 3.87. The van der Waals surface area contributed by atoms with Gasteiger partial charge in [-0.1, -0.05) is 27.7 Å². The van der Waals surface area contributed by atoms with Gasteiger partial charge in [0.05, 0.1) is 38.6 Å². The molecule has 0 spiro atoms. The van der Waals surface area contributed by atoms with Gasteiger partial charge in [-0.2, -0.15) is 4.98 Å². The minimum absolute atomic E-state index is 0.193. The monoisotopic (exact) mass is 546 g/mol. The van der Waals surface area contributed by atoms with Gasteiger partial charge in [-0.05, 0) is 37.2 Å². The predicted octanol–water partition coefficient (Wildman–Crippen LogP) is 6.56. The Morgan fingerprint density at radius 1 is 1.03 bits per heavy atom. The lowest BCUT2D eigenvalue weighted by atomic mass is 10.2. The van der Waals surface area contributed by atoms with Crippen LogP contribution in [0, 0.1) is 0 Å². The number of anilines is 2. The summed E-state index contributed by atoms with van der Waals surface area (Å²) in [6.07, 6.45) is 4.67. The number of halogens is 1. The molecule has 200 valence electrons. The van der Waals surface area contributed by atoms with E-state index >= 15 is 0 Å². The number of thiophene rings is 1. The molecule has 3 aromatic heterocycles. The van der Waals surface area contributed by atoms with Gasteiger partial charge in [0.25, 0.3) is 0 Å². The SMILES string of the molecule is CC.CCCN(CC)Cc1cc2c(Nc3cn(-c4cc(OC)c(OC)c(OC)c4)cn3)nc(Cl)nc2s1. The van der Waals surface area contributed by atoms with Crippen molar-refractivity contribution in [3.05, 3.63) is 40.9 Å². The summed E-state index contributed by atoms with van der Waals surface area (Å²) in [5.74, 6) is 2.89. The van der Waals surface area contributed by atoms with E-state index in [1.54, 1.807) is 39.0 Å². The molecule has 1 aromatic carbocycles. The van der Waals surface area contributed by atoms with Gasteiger partial charge in [-0.25, -0.2) is 9.97 Å². The van der Waals surface area contributed by atoms with Crippen molar-refractivity contribution >= 4 is 44.8 Å². The van der Waals surface area contributed by atoms with Crippen LogP contribution in [0.15, 0.2) is 30.7 Å². The van der Waals surface area contributed by atoms with Gasteiger partial charge in [0.2, 0.25) is 11.0 Å². The van der Waals surface area contributed by atoms with E-state index in [4.69, 9.17) is 25.8 Å². The van der Waals surface area contributed by atoms with Crippen LogP contribution >= 0.6 is 22.9 Å². The van der Waals surface area contributed by atoms with Gasteiger partial charge < -0.3 is 24.1 Å². The van der Waals surface area contributed by atoms with E-state index in [-0.39, 0.29) is 5.28 Å². The normalized spacial score (nSPS) is 10.8. The Morgan fingerprint density at radius 2 is 1.73 bits per heavy atom. The van der Waals surface area contributed by atoms with E-state index in [2.05, 4.69) is 45.1 Å². The average Bonchev–Trinajstić information content (AvgIpc) is 3.55. The lowest BCUT2D eigenvalue weighted by Crippen LogP contribution is -2.22. The minimum Gasteiger partial charge on any atom is -0.493 e. The molecule has 0 unspecified atom stereocenters. The molecule has 4 rings (SSSR count). The van der Waals surface area contributed by atoms with Gasteiger partial charge in [0.1, 0.15) is 22.8 Å². The van der Waals surface area contributed by atoms with Crippen LogP contribution in [0.3, 0.4) is 0 Å². The van der Waals surface area contributed by atoms with Crippen LogP contribution in [0.5, 0.6) is 17.2 Å². The number of ether oxygens (including phenoxy) is 3. The van der Waals surface area contributed by atoms with Crippen molar-refractivity contribution < 1.29 is 14.2 Å². The lowest BCUT2D eigenvalue weighted by molar-refractivity contribution is 0.283. The smallest absolute Gasteiger partial charge is 0.225 e. The van der Waals surface area contributed by atoms with Gasteiger partial charge in [0, 0.05) is 23.6 Å². The minimum atomic E-state index is 0.193. The van der Waals surface area contributed by atoms with Crippen molar-refractivity contribution in [2.24, 2.45) is 0 Å². The summed E-state index contributed by atoms with van der Waals surface area (Å²) in [6, 6.07) is 5.84. The number of imidazole rings is 1. The summed E-state index contributed by atoms with van der Waals surface area (Å²) < 4.78 is 18.2. The van der Waals surface area contributed by atoms with Crippen molar-refractivity contribution in [1.29, 1.82) is 0 Å². The van der Waals surface area contributed by atoms with Crippen molar-refractivity contribution in [2.45, 2.75) is 40.7 Å². The first kappa shape index (κ1) is 28.5. The van der Waals surface area contributed by atoms with Crippen LogP contribution in [-0.2, 0) is 6.54 Å². The predicted molar refractivity (Wildman–Crippen MR) is 152 cm³/mol. The highest BCUT2D eigenvalue weighted by Crippen LogP contribution is 2.39. The van der Waals surface area contributed by atoms with Crippen molar-refractivity contribution in [2.75, 3.05) is 39.7 Å². The second-order valence-electron chi connectivity index (χ2n) is 7.82. The molecule has 0 radical (unpaired) electrons. The maximum Gasteiger partial charge on any atom is 0.225 e. The maximum absolute atomic E-state index is 6.25. The van der Waals surface area contributed by atoms with E-state index in [9.17, 15) is 0 Å². The number of nitrogens with zero attached hydrogens (tertiary/aromatic N) is 5. The Balaban J connectivity index is 0.00000186. The fraction of sp³-hybridized carbons (Fsp3) is 0.423. The molecule has 0 amide bonds. The van der Waals surface area contributed by atoms with Crippen LogP contribution in [0.2, 0.25) is 5.28 Å². The third-order valence-electron chi connectivity index (χ3n) is 5.56. The van der Waals surface area contributed by atoms with Crippen molar-refractivity contribution in [3.8, 4) is 22.9 Å². The molecule has 3 heterocycles. The standard InChI is InChI=1S/C24H29ClN6O3S.C2H6/c1-6-8-30(7-2)12-16-11-17-22(28-24(25)29-23(17)35-16)27-20-13-31(14-26-20)15-9-18(32-3)21(34-5)19(10-15)33-4;1-2/h9-11,13-14H,6-8,12H2,1-5H3,(H,27,28,29);1-2H3. The zero-order chi connectivity index (χ0) is 26.9. The maximum atomic E-state index is 6.25. The molecule has 4 aromatic rings. The molecule has 0 aliphatic carbocycles. The summed E-state index contributed by atoms with van der Waals surface area (Å²) in [7, 11) is 4.75. The molecule has 1 N–H and O–H groups in total. The second-order valence-corrected chi connectivity index (χ2v) is 9.27. The highest BCUT2D eigenvalue weighted by atomic mass is 35.5. The Hall–Kier alpha value is -3.08. The number of rotatable bonds is 11. The Morgan fingerprint density at radius 3 is 2.32 bits per heavy atom. The number of hydrogen-bond donors (Lipinski definition) is 1. The van der Waals surface area contributed by atoms with Crippen LogP contribution in [0.1, 0.15) is 39.0 Å². The average molecular weight is 547 g/mol. The van der Waals surface area contributed by atoms with Crippen LogP contribution in [-0.4, -0.2) is 58.8 Å². The molecule has 0 saturated heterocycles. The van der Waals surface area contributed by atoms with E-state index in [1.165, 1.54) is 4.88 Å². The Kier molecular flexibility index (Phi) is 10.4.